The van der Waals surface area contributed by atoms with E-state index in [2.05, 4.69) is 55.6 Å². The number of carbonyl (C=O) groups is 2. The minimum absolute atomic E-state index is 0.0389. The number of aliphatic hydroxyl groups excluding tert-OH is 2. The van der Waals surface area contributed by atoms with Gasteiger partial charge in [-0.1, -0.05) is 256 Å². The van der Waals surface area contributed by atoms with Gasteiger partial charge in [0.05, 0.1) is 25.4 Å². The highest BCUT2D eigenvalue weighted by Gasteiger charge is 2.20. The van der Waals surface area contributed by atoms with Crippen molar-refractivity contribution in [3.05, 3.63) is 36.5 Å². The van der Waals surface area contributed by atoms with Crippen molar-refractivity contribution in [1.29, 1.82) is 0 Å². The third-order valence-corrected chi connectivity index (χ3v) is 13.4. The molecule has 0 radical (unpaired) electrons. The zero-order valence-electron chi connectivity index (χ0n) is 44.2. The van der Waals surface area contributed by atoms with Crippen LogP contribution in [0.4, 0.5) is 0 Å². The van der Waals surface area contributed by atoms with Gasteiger partial charge in [0.25, 0.3) is 0 Å². The molecule has 0 aromatic heterocycles. The van der Waals surface area contributed by atoms with E-state index in [1.165, 1.54) is 199 Å². The van der Waals surface area contributed by atoms with Crippen molar-refractivity contribution in [3.8, 4) is 0 Å². The van der Waals surface area contributed by atoms with Gasteiger partial charge in [0, 0.05) is 12.8 Å². The highest BCUT2D eigenvalue weighted by atomic mass is 16.5. The van der Waals surface area contributed by atoms with Crippen molar-refractivity contribution >= 4 is 11.9 Å². The second kappa shape index (κ2) is 55.7. The first-order valence-electron chi connectivity index (χ1n) is 29.2. The Balaban J connectivity index is 3.51. The summed E-state index contributed by atoms with van der Waals surface area (Å²) in [7, 11) is 0. The first-order chi connectivity index (χ1) is 32.5. The Morgan fingerprint density at radius 3 is 1.23 bits per heavy atom. The molecule has 0 saturated heterocycles. The topological polar surface area (TPSA) is 95.9 Å². The van der Waals surface area contributed by atoms with E-state index in [9.17, 15) is 19.8 Å². The van der Waals surface area contributed by atoms with Gasteiger partial charge < -0.3 is 20.3 Å². The maximum atomic E-state index is 12.5. The lowest BCUT2D eigenvalue weighted by atomic mass is 10.0. The standard InChI is InChI=1S/C60H113NO5/c1-3-5-7-9-11-13-15-17-19-21-23-24-26-27-29-31-33-36-40-44-48-52-58(63)57(56-62)61-59(64)53-49-45-41-37-35-39-43-47-51-55-66-60(65)54-50-46-42-38-34-32-30-28-25-22-20-18-16-14-12-10-8-6-4-2/h12,14,18,20,37,41,57-58,62-63H,3-11,13,15-17,19,21-36,38-40,42-56H2,1-2H3,(H,61,64)/b14-12-,20-18-,41-37-. The average molecular weight is 929 g/mol. The number of amides is 1. The Morgan fingerprint density at radius 2 is 0.773 bits per heavy atom. The zero-order valence-corrected chi connectivity index (χ0v) is 44.2. The molecule has 2 atom stereocenters. The predicted octanol–water partition coefficient (Wildman–Crippen LogP) is 18.0. The summed E-state index contributed by atoms with van der Waals surface area (Å²) >= 11 is 0. The maximum Gasteiger partial charge on any atom is 0.305 e. The Labute approximate surface area is 411 Å². The summed E-state index contributed by atoms with van der Waals surface area (Å²) in [5.41, 5.74) is 0. The van der Waals surface area contributed by atoms with Crippen LogP contribution in [0.3, 0.4) is 0 Å². The third-order valence-electron chi connectivity index (χ3n) is 13.4. The maximum absolute atomic E-state index is 12.5. The molecule has 3 N–H and O–H groups in total. The van der Waals surface area contributed by atoms with Crippen molar-refractivity contribution < 1.29 is 24.5 Å². The number of ether oxygens (including phenoxy) is 1. The first kappa shape index (κ1) is 64.1. The van der Waals surface area contributed by atoms with E-state index in [4.69, 9.17) is 4.74 Å². The van der Waals surface area contributed by atoms with Crippen LogP contribution in [0.2, 0.25) is 0 Å². The van der Waals surface area contributed by atoms with Crippen LogP contribution in [0.25, 0.3) is 0 Å². The van der Waals surface area contributed by atoms with Gasteiger partial charge in [-0.25, -0.2) is 0 Å². The molecule has 0 saturated carbocycles. The largest absolute Gasteiger partial charge is 0.466 e. The van der Waals surface area contributed by atoms with E-state index in [0.29, 0.717) is 25.9 Å². The molecule has 0 fully saturated rings. The van der Waals surface area contributed by atoms with Crippen LogP contribution in [0, 0.1) is 0 Å². The summed E-state index contributed by atoms with van der Waals surface area (Å²) in [4.78, 5) is 24.6. The van der Waals surface area contributed by atoms with Crippen molar-refractivity contribution in [3.63, 3.8) is 0 Å². The highest BCUT2D eigenvalue weighted by molar-refractivity contribution is 5.76. The molecule has 1 amide bonds. The van der Waals surface area contributed by atoms with Crippen LogP contribution in [-0.2, 0) is 14.3 Å². The Kier molecular flexibility index (Phi) is 54.1. The van der Waals surface area contributed by atoms with Crippen molar-refractivity contribution in [2.45, 2.75) is 321 Å². The number of hydrogen-bond acceptors (Lipinski definition) is 5. The summed E-state index contributed by atoms with van der Waals surface area (Å²) in [5, 5.41) is 23.3. The van der Waals surface area contributed by atoms with Gasteiger partial charge in [0.1, 0.15) is 0 Å². The van der Waals surface area contributed by atoms with Crippen LogP contribution >= 0.6 is 0 Å². The van der Waals surface area contributed by atoms with Gasteiger partial charge in [0.15, 0.2) is 0 Å². The summed E-state index contributed by atoms with van der Waals surface area (Å²) < 4.78 is 5.46. The molecule has 0 heterocycles. The molecular weight excluding hydrogens is 815 g/mol. The van der Waals surface area contributed by atoms with Gasteiger partial charge in [-0.3, -0.25) is 9.59 Å². The van der Waals surface area contributed by atoms with Crippen LogP contribution in [-0.4, -0.2) is 47.4 Å². The number of unbranched alkanes of at least 4 members (excludes halogenated alkanes) is 37. The van der Waals surface area contributed by atoms with Crippen LogP contribution < -0.4 is 5.32 Å². The molecule has 0 spiro atoms. The van der Waals surface area contributed by atoms with E-state index < -0.39 is 12.1 Å². The van der Waals surface area contributed by atoms with Crippen LogP contribution in [0.5, 0.6) is 0 Å². The summed E-state index contributed by atoms with van der Waals surface area (Å²) in [6, 6.07) is -0.581. The van der Waals surface area contributed by atoms with Crippen molar-refractivity contribution in [1.82, 2.24) is 5.32 Å². The molecule has 2 unspecified atom stereocenters. The molecule has 388 valence electrons. The second-order valence-electron chi connectivity index (χ2n) is 20.0. The number of aliphatic hydroxyl groups is 2. The fourth-order valence-corrected chi connectivity index (χ4v) is 8.91. The molecule has 0 aromatic rings. The van der Waals surface area contributed by atoms with Crippen molar-refractivity contribution in [2.24, 2.45) is 0 Å². The van der Waals surface area contributed by atoms with Gasteiger partial charge in [0.2, 0.25) is 5.91 Å². The Hall–Kier alpha value is -1.92. The first-order valence-corrected chi connectivity index (χ1v) is 29.2. The third kappa shape index (κ3) is 51.5. The van der Waals surface area contributed by atoms with Crippen LogP contribution in [0.15, 0.2) is 36.5 Å². The summed E-state index contributed by atoms with van der Waals surface area (Å²) in [6.07, 6.45) is 68.6. The minimum atomic E-state index is -0.697. The minimum Gasteiger partial charge on any atom is -0.466 e. The van der Waals surface area contributed by atoms with Crippen molar-refractivity contribution in [2.75, 3.05) is 13.2 Å². The molecule has 0 aliphatic heterocycles. The van der Waals surface area contributed by atoms with E-state index >= 15 is 0 Å². The predicted molar refractivity (Wildman–Crippen MR) is 287 cm³/mol. The quantitative estimate of drug-likeness (QED) is 0.0321. The lowest BCUT2D eigenvalue weighted by Gasteiger charge is -2.22. The summed E-state index contributed by atoms with van der Waals surface area (Å²) in [6.45, 7) is 4.85. The number of nitrogens with one attached hydrogen (secondary N) is 1. The van der Waals surface area contributed by atoms with E-state index in [1.54, 1.807) is 0 Å². The molecule has 0 aromatic carbocycles. The number of carbonyl (C=O) groups excluding carboxylic acids is 2. The van der Waals surface area contributed by atoms with E-state index in [1.807, 2.05) is 0 Å². The number of rotatable bonds is 54. The molecule has 6 heteroatoms. The van der Waals surface area contributed by atoms with Crippen LogP contribution in [0.1, 0.15) is 309 Å². The lowest BCUT2D eigenvalue weighted by Crippen LogP contribution is -2.45. The monoisotopic (exact) mass is 928 g/mol. The number of allylic oxidation sites excluding steroid dienone is 6. The highest BCUT2D eigenvalue weighted by Crippen LogP contribution is 2.17. The van der Waals surface area contributed by atoms with Gasteiger partial charge in [-0.2, -0.15) is 0 Å². The molecule has 0 aliphatic rings. The second-order valence-corrected chi connectivity index (χ2v) is 20.0. The number of hydrogen-bond donors (Lipinski definition) is 3. The van der Waals surface area contributed by atoms with Gasteiger partial charge in [-0.15, -0.1) is 0 Å². The Bertz CT molecular complexity index is 1070. The fraction of sp³-hybridized carbons (Fsp3) is 0.867. The number of esters is 1. The SMILES string of the molecule is CCCCC/C=C\C/C=C\CCCCCCCCCCCC(=O)OCCCCCC/C=C\CCCC(=O)NC(CO)C(O)CCCCCCCCCCCCCCCCCCCCCCC. The summed E-state index contributed by atoms with van der Waals surface area (Å²) in [5.74, 6) is -0.133. The van der Waals surface area contributed by atoms with E-state index in [0.717, 1.165) is 77.0 Å². The average Bonchev–Trinajstić information content (AvgIpc) is 3.32. The van der Waals surface area contributed by atoms with Gasteiger partial charge in [-0.05, 0) is 77.0 Å². The molecule has 66 heavy (non-hydrogen) atoms. The smallest absolute Gasteiger partial charge is 0.305 e. The molecule has 0 bridgehead atoms. The lowest BCUT2D eigenvalue weighted by molar-refractivity contribution is -0.143. The molecule has 6 nitrogen and oxygen atoms in total. The zero-order chi connectivity index (χ0) is 47.9. The Morgan fingerprint density at radius 1 is 0.424 bits per heavy atom. The molecule has 0 aliphatic carbocycles. The fourth-order valence-electron chi connectivity index (χ4n) is 8.91. The van der Waals surface area contributed by atoms with Gasteiger partial charge >= 0.3 is 5.97 Å². The van der Waals surface area contributed by atoms with E-state index in [-0.39, 0.29) is 18.5 Å². The normalized spacial score (nSPS) is 12.8. The molecule has 0 rings (SSSR count). The molecular formula is C60H113NO5.